The van der Waals surface area contributed by atoms with Crippen LogP contribution in [0.15, 0.2) is 59.7 Å². The molecule has 2 aromatic rings. The van der Waals surface area contributed by atoms with E-state index in [0.717, 1.165) is 38.3 Å². The molecule has 0 aromatic heterocycles. The standard InChI is InChI=1S/C20H24N4O2/c25-19-8-4-7-18(13-19)14-21-22-20(26)16-24-11-9-23(10-12-24)15-17-5-2-1-3-6-17/h1-8,13-14,25H,9-12,15-16H2,(H,22,26)/p+2. The lowest BCUT2D eigenvalue weighted by Gasteiger charge is -2.29. The predicted octanol–water partition coefficient (Wildman–Crippen LogP) is -1.17. The van der Waals surface area contributed by atoms with Crippen LogP contribution >= 0.6 is 0 Å². The van der Waals surface area contributed by atoms with Crippen LogP contribution in [-0.4, -0.2) is 50.0 Å². The van der Waals surface area contributed by atoms with Crippen LogP contribution in [0.25, 0.3) is 0 Å². The highest BCUT2D eigenvalue weighted by molar-refractivity contribution is 5.83. The number of carbonyl (C=O) groups excluding carboxylic acids is 1. The number of quaternary nitrogens is 2. The Kier molecular flexibility index (Phi) is 6.35. The minimum atomic E-state index is -0.0806. The molecule has 136 valence electrons. The molecular weight excluding hydrogens is 328 g/mol. The molecule has 3 rings (SSSR count). The van der Waals surface area contributed by atoms with Crippen molar-refractivity contribution in [3.8, 4) is 5.75 Å². The number of nitrogens with one attached hydrogen (secondary N) is 3. The molecule has 0 bridgehead atoms. The maximum absolute atomic E-state index is 12.0. The summed E-state index contributed by atoms with van der Waals surface area (Å²) in [6.45, 7) is 5.62. The third kappa shape index (κ3) is 5.68. The number of benzene rings is 2. The van der Waals surface area contributed by atoms with Gasteiger partial charge in [-0.3, -0.25) is 4.79 Å². The van der Waals surface area contributed by atoms with Gasteiger partial charge in [-0.1, -0.05) is 42.5 Å². The summed E-state index contributed by atoms with van der Waals surface area (Å²) in [6.07, 6.45) is 1.54. The minimum Gasteiger partial charge on any atom is -0.508 e. The zero-order valence-electron chi connectivity index (χ0n) is 14.8. The highest BCUT2D eigenvalue weighted by atomic mass is 16.3. The second-order valence-corrected chi connectivity index (χ2v) is 6.73. The molecular formula is C20H26N4O2+2. The molecule has 6 heteroatoms. The van der Waals surface area contributed by atoms with Crippen LogP contribution in [0.1, 0.15) is 11.1 Å². The smallest absolute Gasteiger partial charge is 0.295 e. The van der Waals surface area contributed by atoms with Crippen molar-refractivity contribution in [1.82, 2.24) is 5.43 Å². The Labute approximate surface area is 153 Å². The Bertz CT molecular complexity index is 740. The summed E-state index contributed by atoms with van der Waals surface area (Å²) in [7, 11) is 0. The summed E-state index contributed by atoms with van der Waals surface area (Å²) >= 11 is 0. The van der Waals surface area contributed by atoms with Crippen LogP contribution in [0.3, 0.4) is 0 Å². The molecule has 1 fully saturated rings. The first-order valence-electron chi connectivity index (χ1n) is 9.01. The maximum Gasteiger partial charge on any atom is 0.295 e. The molecule has 0 unspecified atom stereocenters. The van der Waals surface area contributed by atoms with E-state index in [2.05, 4.69) is 34.8 Å². The van der Waals surface area contributed by atoms with Crippen molar-refractivity contribution in [1.29, 1.82) is 0 Å². The first kappa shape index (κ1) is 18.1. The van der Waals surface area contributed by atoms with E-state index in [-0.39, 0.29) is 11.7 Å². The van der Waals surface area contributed by atoms with Gasteiger partial charge >= 0.3 is 0 Å². The van der Waals surface area contributed by atoms with Crippen LogP contribution in [-0.2, 0) is 11.3 Å². The SMILES string of the molecule is O=C(C[NH+]1CC[NH+](Cc2ccccc2)CC1)NN=Cc1cccc(O)c1. The number of carbonyl (C=O) groups is 1. The van der Waals surface area contributed by atoms with E-state index >= 15 is 0 Å². The summed E-state index contributed by atoms with van der Waals surface area (Å²) in [5.74, 6) is 0.100. The normalized spacial score (nSPS) is 20.2. The Morgan fingerprint density at radius 2 is 1.77 bits per heavy atom. The second-order valence-electron chi connectivity index (χ2n) is 6.73. The van der Waals surface area contributed by atoms with Crippen LogP contribution in [0, 0.1) is 0 Å². The van der Waals surface area contributed by atoms with E-state index in [4.69, 9.17) is 0 Å². The van der Waals surface area contributed by atoms with Crippen molar-refractivity contribution in [2.45, 2.75) is 6.54 Å². The molecule has 26 heavy (non-hydrogen) atoms. The Morgan fingerprint density at radius 1 is 1.04 bits per heavy atom. The number of rotatable bonds is 6. The fraction of sp³-hybridized carbons (Fsp3) is 0.300. The van der Waals surface area contributed by atoms with E-state index < -0.39 is 0 Å². The summed E-state index contributed by atoms with van der Waals surface area (Å²) in [5, 5.41) is 13.4. The van der Waals surface area contributed by atoms with Gasteiger partial charge in [0.05, 0.1) is 6.21 Å². The van der Waals surface area contributed by atoms with Crippen molar-refractivity contribution >= 4 is 12.1 Å². The van der Waals surface area contributed by atoms with E-state index in [1.54, 1.807) is 23.1 Å². The fourth-order valence-electron chi connectivity index (χ4n) is 3.25. The highest BCUT2D eigenvalue weighted by Gasteiger charge is 2.24. The molecule has 4 N–H and O–H groups in total. The van der Waals surface area contributed by atoms with Crippen molar-refractivity contribution in [3.63, 3.8) is 0 Å². The molecule has 1 aliphatic heterocycles. The molecule has 0 spiro atoms. The molecule has 0 saturated carbocycles. The average Bonchev–Trinajstić information content (AvgIpc) is 2.64. The van der Waals surface area contributed by atoms with Crippen molar-refractivity contribution in [2.75, 3.05) is 32.7 Å². The molecule has 2 aromatic carbocycles. The molecule has 0 atom stereocenters. The molecule has 6 nitrogen and oxygen atoms in total. The highest BCUT2D eigenvalue weighted by Crippen LogP contribution is 2.08. The minimum absolute atomic E-state index is 0.0806. The number of hydrazone groups is 1. The zero-order chi connectivity index (χ0) is 18.2. The van der Waals surface area contributed by atoms with Gasteiger partial charge in [0.2, 0.25) is 0 Å². The van der Waals surface area contributed by atoms with Gasteiger partial charge in [-0.2, -0.15) is 5.10 Å². The molecule has 0 radical (unpaired) electrons. The van der Waals surface area contributed by atoms with Crippen molar-refractivity contribution < 1.29 is 19.7 Å². The summed E-state index contributed by atoms with van der Waals surface area (Å²) in [4.78, 5) is 14.9. The lowest BCUT2D eigenvalue weighted by atomic mass is 10.2. The lowest BCUT2D eigenvalue weighted by Crippen LogP contribution is -3.28. The largest absolute Gasteiger partial charge is 0.508 e. The van der Waals surface area contributed by atoms with Gasteiger partial charge in [0.25, 0.3) is 5.91 Å². The number of hydrogen-bond acceptors (Lipinski definition) is 3. The fourth-order valence-corrected chi connectivity index (χ4v) is 3.25. The van der Waals surface area contributed by atoms with E-state index in [0.29, 0.717) is 6.54 Å². The van der Waals surface area contributed by atoms with E-state index in [1.165, 1.54) is 16.7 Å². The first-order chi connectivity index (χ1) is 12.7. The van der Waals surface area contributed by atoms with Gasteiger partial charge in [-0.25, -0.2) is 5.43 Å². The topological polar surface area (TPSA) is 70.6 Å². The number of phenolic OH excluding ortho intramolecular Hbond substituents is 1. The average molecular weight is 354 g/mol. The zero-order valence-corrected chi connectivity index (χ0v) is 14.8. The monoisotopic (exact) mass is 354 g/mol. The third-order valence-electron chi connectivity index (χ3n) is 4.64. The Balaban J connectivity index is 1.38. The number of nitrogens with zero attached hydrogens (tertiary/aromatic N) is 1. The predicted molar refractivity (Wildman–Crippen MR) is 100 cm³/mol. The number of phenols is 1. The lowest BCUT2D eigenvalue weighted by molar-refractivity contribution is -1.02. The Hall–Kier alpha value is -2.70. The van der Waals surface area contributed by atoms with Crippen molar-refractivity contribution in [3.05, 3.63) is 65.7 Å². The van der Waals surface area contributed by atoms with Gasteiger partial charge in [0.15, 0.2) is 6.54 Å². The maximum atomic E-state index is 12.0. The molecule has 1 aliphatic rings. The Morgan fingerprint density at radius 3 is 2.50 bits per heavy atom. The van der Waals surface area contributed by atoms with E-state index in [9.17, 15) is 9.90 Å². The van der Waals surface area contributed by atoms with Gasteiger partial charge in [0.1, 0.15) is 38.5 Å². The first-order valence-corrected chi connectivity index (χ1v) is 9.01. The van der Waals surface area contributed by atoms with Crippen LogP contribution in [0.5, 0.6) is 5.75 Å². The number of amides is 1. The van der Waals surface area contributed by atoms with Crippen molar-refractivity contribution in [2.24, 2.45) is 5.10 Å². The van der Waals surface area contributed by atoms with Gasteiger partial charge in [-0.15, -0.1) is 0 Å². The molecule has 1 heterocycles. The quantitative estimate of drug-likeness (QED) is 0.390. The summed E-state index contributed by atoms with van der Waals surface area (Å²) in [6, 6.07) is 17.3. The van der Waals surface area contributed by atoms with E-state index in [1.807, 2.05) is 12.1 Å². The molecule has 0 aliphatic carbocycles. The van der Waals surface area contributed by atoms with Gasteiger partial charge < -0.3 is 14.9 Å². The number of hydrogen-bond donors (Lipinski definition) is 4. The molecule has 1 saturated heterocycles. The summed E-state index contributed by atoms with van der Waals surface area (Å²) < 4.78 is 0. The third-order valence-corrected chi connectivity index (χ3v) is 4.64. The number of piperazine rings is 1. The number of aromatic hydroxyl groups is 1. The van der Waals surface area contributed by atoms with Gasteiger partial charge in [0, 0.05) is 5.56 Å². The van der Waals surface area contributed by atoms with Crippen LogP contribution < -0.4 is 15.2 Å². The van der Waals surface area contributed by atoms with Crippen LogP contribution in [0.4, 0.5) is 0 Å². The summed E-state index contributed by atoms with van der Waals surface area (Å²) in [5.41, 5.74) is 4.68. The molecule has 1 amide bonds. The van der Waals surface area contributed by atoms with Gasteiger partial charge in [-0.05, 0) is 17.7 Å². The van der Waals surface area contributed by atoms with Crippen LogP contribution in [0.2, 0.25) is 0 Å². The second kappa shape index (κ2) is 9.12.